The smallest absolute Gasteiger partial charge is 0.250 e. The first-order chi connectivity index (χ1) is 8.71. The molecule has 0 bridgehead atoms. The molecule has 6 heteroatoms. The first kappa shape index (κ1) is 15.3. The van der Waals surface area contributed by atoms with E-state index in [1.165, 1.54) is 0 Å². The Kier molecular flexibility index (Phi) is 4.74. The predicted molar refractivity (Wildman–Crippen MR) is 77.0 cm³/mol. The summed E-state index contributed by atoms with van der Waals surface area (Å²) in [5.41, 5.74) is 11.5. The van der Waals surface area contributed by atoms with Crippen molar-refractivity contribution in [3.8, 4) is 0 Å². The van der Waals surface area contributed by atoms with Gasteiger partial charge in [0.15, 0.2) is 0 Å². The molecular formula is C13H22N4O2. The van der Waals surface area contributed by atoms with Gasteiger partial charge in [0.05, 0.1) is 11.2 Å². The molecule has 0 saturated heterocycles. The standard InChI is InChI=1S/C13H22N4O2/c1-13(19,8-17(2)3)7-16-11-6-9(14)4-5-10(11)12(15)18/h4-6,16,19H,7-8,14H2,1-3H3,(H2,15,18). The van der Waals surface area contributed by atoms with Crippen LogP contribution in [0.4, 0.5) is 11.4 Å². The van der Waals surface area contributed by atoms with Crippen LogP contribution in [0.2, 0.25) is 0 Å². The molecule has 0 aliphatic rings. The van der Waals surface area contributed by atoms with E-state index in [1.807, 2.05) is 19.0 Å². The number of aliphatic hydroxyl groups is 1. The number of primary amides is 1. The molecule has 0 saturated carbocycles. The van der Waals surface area contributed by atoms with Crippen LogP contribution in [-0.4, -0.2) is 48.7 Å². The molecule has 1 aromatic rings. The third kappa shape index (κ3) is 4.76. The molecule has 1 amide bonds. The van der Waals surface area contributed by atoms with E-state index in [2.05, 4.69) is 5.32 Å². The molecule has 0 spiro atoms. The summed E-state index contributed by atoms with van der Waals surface area (Å²) in [5.74, 6) is -0.533. The average molecular weight is 266 g/mol. The Morgan fingerprint density at radius 2 is 2.11 bits per heavy atom. The fourth-order valence-corrected chi connectivity index (χ4v) is 1.95. The zero-order valence-corrected chi connectivity index (χ0v) is 11.6. The van der Waals surface area contributed by atoms with Crippen molar-refractivity contribution < 1.29 is 9.90 Å². The lowest BCUT2D eigenvalue weighted by atomic mass is 10.1. The highest BCUT2D eigenvalue weighted by molar-refractivity contribution is 5.99. The van der Waals surface area contributed by atoms with Gasteiger partial charge in [-0.1, -0.05) is 0 Å². The third-order valence-electron chi connectivity index (χ3n) is 2.63. The summed E-state index contributed by atoms with van der Waals surface area (Å²) in [5, 5.41) is 13.2. The van der Waals surface area contributed by atoms with E-state index in [-0.39, 0.29) is 6.54 Å². The van der Waals surface area contributed by atoms with E-state index < -0.39 is 11.5 Å². The second kappa shape index (κ2) is 5.90. The molecule has 1 unspecified atom stereocenters. The Bertz CT molecular complexity index is 458. The van der Waals surface area contributed by atoms with Gasteiger partial charge in [0.1, 0.15) is 0 Å². The van der Waals surface area contributed by atoms with Crippen molar-refractivity contribution in [3.05, 3.63) is 23.8 Å². The molecular weight excluding hydrogens is 244 g/mol. The molecule has 0 fully saturated rings. The number of amides is 1. The van der Waals surface area contributed by atoms with Gasteiger partial charge in [-0.15, -0.1) is 0 Å². The highest BCUT2D eigenvalue weighted by atomic mass is 16.3. The van der Waals surface area contributed by atoms with Crippen LogP contribution in [0.1, 0.15) is 17.3 Å². The second-order valence-electron chi connectivity index (χ2n) is 5.26. The average Bonchev–Trinajstić information content (AvgIpc) is 2.24. The van der Waals surface area contributed by atoms with Crippen molar-refractivity contribution in [2.75, 3.05) is 38.2 Å². The van der Waals surface area contributed by atoms with Crippen LogP contribution in [0, 0.1) is 0 Å². The highest BCUT2D eigenvalue weighted by Crippen LogP contribution is 2.20. The molecule has 1 rings (SSSR count). The number of nitrogens with two attached hydrogens (primary N) is 2. The van der Waals surface area contributed by atoms with E-state index in [9.17, 15) is 9.90 Å². The maximum atomic E-state index is 11.3. The Morgan fingerprint density at radius 1 is 1.47 bits per heavy atom. The van der Waals surface area contributed by atoms with Gasteiger partial charge in [-0.05, 0) is 39.2 Å². The van der Waals surface area contributed by atoms with Gasteiger partial charge in [-0.25, -0.2) is 0 Å². The maximum Gasteiger partial charge on any atom is 0.250 e. The molecule has 6 nitrogen and oxygen atoms in total. The molecule has 0 radical (unpaired) electrons. The molecule has 0 aromatic heterocycles. The molecule has 0 aliphatic carbocycles. The summed E-state index contributed by atoms with van der Waals surface area (Å²) in [7, 11) is 3.76. The zero-order valence-electron chi connectivity index (χ0n) is 11.6. The Morgan fingerprint density at radius 3 is 2.63 bits per heavy atom. The minimum atomic E-state index is -0.928. The monoisotopic (exact) mass is 266 g/mol. The fraction of sp³-hybridized carbons (Fsp3) is 0.462. The summed E-state index contributed by atoms with van der Waals surface area (Å²) in [6, 6.07) is 4.82. The number of benzene rings is 1. The number of carbonyl (C=O) groups excluding carboxylic acids is 1. The Labute approximate surface area is 113 Å². The summed E-state index contributed by atoms with van der Waals surface area (Å²) >= 11 is 0. The van der Waals surface area contributed by atoms with Crippen LogP contribution in [0.15, 0.2) is 18.2 Å². The minimum Gasteiger partial charge on any atom is -0.399 e. The quantitative estimate of drug-likeness (QED) is 0.546. The van der Waals surface area contributed by atoms with Crippen molar-refractivity contribution in [1.82, 2.24) is 4.90 Å². The highest BCUT2D eigenvalue weighted by Gasteiger charge is 2.21. The third-order valence-corrected chi connectivity index (χ3v) is 2.63. The van der Waals surface area contributed by atoms with Crippen molar-refractivity contribution in [2.24, 2.45) is 5.73 Å². The lowest BCUT2D eigenvalue weighted by molar-refractivity contribution is 0.0459. The largest absolute Gasteiger partial charge is 0.399 e. The van der Waals surface area contributed by atoms with E-state index in [0.717, 1.165) is 0 Å². The molecule has 1 aromatic carbocycles. The number of likely N-dealkylation sites (N-methyl/N-ethyl adjacent to an activating group) is 1. The van der Waals surface area contributed by atoms with Gasteiger partial charge < -0.3 is 26.8 Å². The van der Waals surface area contributed by atoms with Gasteiger partial charge >= 0.3 is 0 Å². The van der Waals surface area contributed by atoms with Crippen molar-refractivity contribution in [2.45, 2.75) is 12.5 Å². The number of rotatable bonds is 6. The SMILES string of the molecule is CN(C)CC(C)(O)CNc1cc(N)ccc1C(N)=O. The predicted octanol–water partition coefficient (Wildman–Crippen LogP) is 0.0922. The summed E-state index contributed by atoms with van der Waals surface area (Å²) in [6.45, 7) is 2.50. The Balaban J connectivity index is 2.82. The van der Waals surface area contributed by atoms with Crippen molar-refractivity contribution in [1.29, 1.82) is 0 Å². The molecule has 106 valence electrons. The lowest BCUT2D eigenvalue weighted by Crippen LogP contribution is -2.43. The van der Waals surface area contributed by atoms with Crippen molar-refractivity contribution >= 4 is 17.3 Å². The molecule has 19 heavy (non-hydrogen) atoms. The van der Waals surface area contributed by atoms with E-state index in [4.69, 9.17) is 11.5 Å². The second-order valence-corrected chi connectivity index (χ2v) is 5.26. The van der Waals surface area contributed by atoms with Gasteiger partial charge in [-0.3, -0.25) is 4.79 Å². The number of nitrogens with one attached hydrogen (secondary N) is 1. The summed E-state index contributed by atoms with van der Waals surface area (Å²) < 4.78 is 0. The molecule has 0 aliphatic heterocycles. The van der Waals surface area contributed by atoms with Gasteiger partial charge in [0, 0.05) is 24.5 Å². The number of nitrogen functional groups attached to an aromatic ring is 1. The van der Waals surface area contributed by atoms with Crippen LogP contribution in [0.3, 0.4) is 0 Å². The first-order valence-corrected chi connectivity index (χ1v) is 6.01. The van der Waals surface area contributed by atoms with Crippen LogP contribution < -0.4 is 16.8 Å². The molecule has 0 heterocycles. The number of anilines is 2. The van der Waals surface area contributed by atoms with E-state index in [1.54, 1.807) is 25.1 Å². The number of carbonyl (C=O) groups is 1. The molecule has 6 N–H and O–H groups in total. The maximum absolute atomic E-state index is 11.3. The van der Waals surface area contributed by atoms with Gasteiger partial charge in [-0.2, -0.15) is 0 Å². The summed E-state index contributed by atoms with van der Waals surface area (Å²) in [6.07, 6.45) is 0. The van der Waals surface area contributed by atoms with Crippen molar-refractivity contribution in [3.63, 3.8) is 0 Å². The Hall–Kier alpha value is -1.79. The van der Waals surface area contributed by atoms with E-state index >= 15 is 0 Å². The topological polar surface area (TPSA) is 105 Å². The lowest BCUT2D eigenvalue weighted by Gasteiger charge is -2.28. The molecule has 1 atom stereocenters. The normalized spacial score (nSPS) is 14.2. The van der Waals surface area contributed by atoms with Crippen LogP contribution in [-0.2, 0) is 0 Å². The van der Waals surface area contributed by atoms with Gasteiger partial charge in [0.2, 0.25) is 0 Å². The van der Waals surface area contributed by atoms with Crippen LogP contribution in [0.25, 0.3) is 0 Å². The fourth-order valence-electron chi connectivity index (χ4n) is 1.95. The first-order valence-electron chi connectivity index (χ1n) is 6.01. The van der Waals surface area contributed by atoms with Crippen LogP contribution >= 0.6 is 0 Å². The summed E-state index contributed by atoms with van der Waals surface area (Å²) in [4.78, 5) is 13.2. The van der Waals surface area contributed by atoms with E-state index in [0.29, 0.717) is 23.5 Å². The number of hydrogen-bond donors (Lipinski definition) is 4. The zero-order chi connectivity index (χ0) is 14.6. The number of hydrogen-bond acceptors (Lipinski definition) is 5. The number of nitrogens with zero attached hydrogens (tertiary/aromatic N) is 1. The minimum absolute atomic E-state index is 0.287. The van der Waals surface area contributed by atoms with Crippen LogP contribution in [0.5, 0.6) is 0 Å². The van der Waals surface area contributed by atoms with Gasteiger partial charge in [0.25, 0.3) is 5.91 Å².